The molecule has 0 aliphatic rings. The molecule has 3 rings (SSSR count). The van der Waals surface area contributed by atoms with E-state index in [2.05, 4.69) is 48.2 Å². The average molecular weight is 379 g/mol. The fourth-order valence-electron chi connectivity index (χ4n) is 1.68. The lowest BCUT2D eigenvalue weighted by Gasteiger charge is -1.98. The second kappa shape index (κ2) is 6.84. The van der Waals surface area contributed by atoms with E-state index in [0.29, 0.717) is 29.2 Å². The molecule has 22 heavy (non-hydrogen) atoms. The van der Waals surface area contributed by atoms with E-state index >= 15 is 0 Å². The first kappa shape index (κ1) is 14.9. The molecular formula is C13H11BrN6OS. The van der Waals surface area contributed by atoms with E-state index in [-0.39, 0.29) is 0 Å². The van der Waals surface area contributed by atoms with E-state index in [4.69, 9.17) is 4.42 Å². The summed E-state index contributed by atoms with van der Waals surface area (Å²) in [7, 11) is 0. The number of halogens is 1. The molecule has 0 saturated carbocycles. The topological polar surface area (TPSA) is 82.5 Å². The molecule has 0 spiro atoms. The molecule has 112 valence electrons. The van der Waals surface area contributed by atoms with Crippen LogP contribution in [0.15, 0.2) is 51.0 Å². The number of thioether (sulfide) groups is 1. The molecule has 0 aliphatic heterocycles. The molecular weight excluding hydrogens is 368 g/mol. The van der Waals surface area contributed by atoms with Crippen molar-refractivity contribution in [2.75, 3.05) is 0 Å². The molecule has 0 fully saturated rings. The van der Waals surface area contributed by atoms with Crippen molar-refractivity contribution in [1.82, 2.24) is 30.4 Å². The van der Waals surface area contributed by atoms with Crippen molar-refractivity contribution in [3.8, 4) is 11.5 Å². The summed E-state index contributed by atoms with van der Waals surface area (Å²) >= 11 is 4.82. The smallest absolute Gasteiger partial charge is 0.247 e. The maximum Gasteiger partial charge on any atom is 0.247 e. The van der Waals surface area contributed by atoms with Gasteiger partial charge in [-0.05, 0) is 34.7 Å². The molecule has 7 nitrogen and oxygen atoms in total. The molecule has 0 aliphatic carbocycles. The molecule has 0 saturated heterocycles. The Morgan fingerprint density at radius 1 is 1.23 bits per heavy atom. The Labute approximate surface area is 138 Å². The zero-order valence-electron chi connectivity index (χ0n) is 11.4. The Morgan fingerprint density at radius 3 is 2.82 bits per heavy atom. The van der Waals surface area contributed by atoms with Crippen molar-refractivity contribution in [3.63, 3.8) is 0 Å². The van der Waals surface area contributed by atoms with Gasteiger partial charge >= 0.3 is 0 Å². The predicted octanol–water partition coefficient (Wildman–Crippen LogP) is 2.96. The van der Waals surface area contributed by atoms with Gasteiger partial charge in [0.1, 0.15) is 0 Å². The van der Waals surface area contributed by atoms with Gasteiger partial charge in [-0.2, -0.15) is 0 Å². The van der Waals surface area contributed by atoms with E-state index in [1.165, 1.54) is 11.8 Å². The van der Waals surface area contributed by atoms with E-state index in [9.17, 15) is 0 Å². The van der Waals surface area contributed by atoms with E-state index < -0.39 is 0 Å². The number of aromatic nitrogens is 6. The van der Waals surface area contributed by atoms with Crippen LogP contribution >= 0.6 is 27.7 Å². The lowest BCUT2D eigenvalue weighted by Crippen LogP contribution is -1.99. The summed E-state index contributed by atoms with van der Waals surface area (Å²) in [4.78, 5) is 0. The second-order valence-corrected chi connectivity index (χ2v) is 6.09. The monoisotopic (exact) mass is 378 g/mol. The summed E-state index contributed by atoms with van der Waals surface area (Å²) in [5, 5.41) is 20.2. The summed E-state index contributed by atoms with van der Waals surface area (Å²) in [6, 6.07) is 7.69. The van der Waals surface area contributed by atoms with Gasteiger partial charge in [0.25, 0.3) is 0 Å². The maximum atomic E-state index is 5.65. The zero-order chi connectivity index (χ0) is 15.4. The van der Waals surface area contributed by atoms with Crippen LogP contribution in [0.4, 0.5) is 0 Å². The van der Waals surface area contributed by atoms with Crippen molar-refractivity contribution in [2.24, 2.45) is 0 Å². The third-order valence-corrected chi connectivity index (χ3v) is 4.15. The summed E-state index contributed by atoms with van der Waals surface area (Å²) in [5.41, 5.74) is 0.878. The molecule has 0 unspecified atom stereocenters. The molecule has 2 heterocycles. The highest BCUT2D eigenvalue weighted by Crippen LogP contribution is 2.24. The number of rotatable bonds is 6. The molecule has 0 radical (unpaired) electrons. The lowest BCUT2D eigenvalue weighted by atomic mass is 10.2. The Kier molecular flexibility index (Phi) is 4.64. The molecule has 9 heteroatoms. The van der Waals surface area contributed by atoms with Crippen molar-refractivity contribution in [3.05, 3.63) is 47.3 Å². The summed E-state index contributed by atoms with van der Waals surface area (Å²) in [6.45, 7) is 4.23. The van der Waals surface area contributed by atoms with Crippen molar-refractivity contribution < 1.29 is 4.42 Å². The normalized spacial score (nSPS) is 10.8. The van der Waals surface area contributed by atoms with Crippen LogP contribution in [0.1, 0.15) is 5.89 Å². The fourth-order valence-corrected chi connectivity index (χ4v) is 2.67. The molecule has 2 aromatic heterocycles. The van der Waals surface area contributed by atoms with Gasteiger partial charge in [-0.15, -0.1) is 21.9 Å². The minimum Gasteiger partial charge on any atom is -0.420 e. The van der Waals surface area contributed by atoms with Gasteiger partial charge in [0.05, 0.1) is 12.3 Å². The van der Waals surface area contributed by atoms with Crippen LogP contribution < -0.4 is 0 Å². The Hall–Kier alpha value is -2.00. The number of hydrogen-bond acceptors (Lipinski definition) is 7. The molecule has 0 amide bonds. The van der Waals surface area contributed by atoms with Crippen LogP contribution in [-0.4, -0.2) is 30.4 Å². The maximum absolute atomic E-state index is 5.65. The number of benzene rings is 1. The molecule has 1 aromatic carbocycles. The lowest BCUT2D eigenvalue weighted by molar-refractivity contribution is 0.528. The Bertz CT molecular complexity index is 769. The van der Waals surface area contributed by atoms with Gasteiger partial charge in [0, 0.05) is 10.0 Å². The van der Waals surface area contributed by atoms with Gasteiger partial charge < -0.3 is 4.42 Å². The fraction of sp³-hybridized carbons (Fsp3) is 0.154. The van der Waals surface area contributed by atoms with E-state index in [1.54, 1.807) is 10.8 Å². The first-order valence-electron chi connectivity index (χ1n) is 6.34. The zero-order valence-corrected chi connectivity index (χ0v) is 13.8. The van der Waals surface area contributed by atoms with Crippen LogP contribution in [0, 0.1) is 0 Å². The number of nitrogens with zero attached hydrogens (tertiary/aromatic N) is 6. The largest absolute Gasteiger partial charge is 0.420 e. The van der Waals surface area contributed by atoms with Gasteiger partial charge in [0.2, 0.25) is 16.9 Å². The highest BCUT2D eigenvalue weighted by molar-refractivity contribution is 9.10. The van der Waals surface area contributed by atoms with Gasteiger partial charge in [0.15, 0.2) is 0 Å². The Balaban J connectivity index is 1.68. The van der Waals surface area contributed by atoms with Crippen LogP contribution in [0.3, 0.4) is 0 Å². The molecule has 0 bridgehead atoms. The van der Waals surface area contributed by atoms with E-state index in [1.807, 2.05) is 24.3 Å². The predicted molar refractivity (Wildman–Crippen MR) is 85.0 cm³/mol. The Morgan fingerprint density at radius 2 is 2.05 bits per heavy atom. The molecule has 3 aromatic rings. The highest BCUT2D eigenvalue weighted by Gasteiger charge is 2.11. The minimum absolute atomic E-state index is 0.494. The minimum atomic E-state index is 0.494. The van der Waals surface area contributed by atoms with Crippen molar-refractivity contribution in [1.29, 1.82) is 0 Å². The average Bonchev–Trinajstić information content (AvgIpc) is 3.16. The summed E-state index contributed by atoms with van der Waals surface area (Å²) in [5.74, 6) is 1.52. The standard InChI is InChI=1S/C13H11BrN6OS/c1-2-7-20-13(17-18-19-20)22-8-11-15-16-12(21-11)9-3-5-10(14)6-4-9/h2-6H,1,7-8H2. The summed E-state index contributed by atoms with van der Waals surface area (Å²) in [6.07, 6.45) is 1.73. The van der Waals surface area contributed by atoms with Crippen LogP contribution in [0.2, 0.25) is 0 Å². The SMILES string of the molecule is C=CCn1nnnc1SCc1nnc(-c2ccc(Br)cc2)o1. The molecule has 0 atom stereocenters. The van der Waals surface area contributed by atoms with Crippen molar-refractivity contribution >= 4 is 27.7 Å². The third-order valence-electron chi connectivity index (χ3n) is 2.68. The number of tetrazole rings is 1. The first-order valence-corrected chi connectivity index (χ1v) is 8.12. The van der Waals surface area contributed by atoms with Gasteiger partial charge in [-0.3, -0.25) is 0 Å². The van der Waals surface area contributed by atoms with Crippen LogP contribution in [0.25, 0.3) is 11.5 Å². The second-order valence-electron chi connectivity index (χ2n) is 4.23. The van der Waals surface area contributed by atoms with Gasteiger partial charge in [-0.25, -0.2) is 4.68 Å². The molecule has 0 N–H and O–H groups in total. The third kappa shape index (κ3) is 3.42. The van der Waals surface area contributed by atoms with Crippen LogP contribution in [-0.2, 0) is 12.3 Å². The van der Waals surface area contributed by atoms with Crippen LogP contribution in [0.5, 0.6) is 0 Å². The summed E-state index contributed by atoms with van der Waals surface area (Å²) < 4.78 is 8.31. The number of hydrogen-bond donors (Lipinski definition) is 0. The van der Waals surface area contributed by atoms with Gasteiger partial charge in [-0.1, -0.05) is 33.8 Å². The number of allylic oxidation sites excluding steroid dienone is 1. The highest BCUT2D eigenvalue weighted by atomic mass is 79.9. The van der Waals surface area contributed by atoms with E-state index in [0.717, 1.165) is 10.0 Å². The van der Waals surface area contributed by atoms with Crippen molar-refractivity contribution in [2.45, 2.75) is 17.5 Å². The quantitative estimate of drug-likeness (QED) is 0.481. The first-order chi connectivity index (χ1) is 10.8.